The molecule has 1 aliphatic rings. The molecule has 2 heterocycles. The Bertz CT molecular complexity index is 430. The first-order valence-corrected chi connectivity index (χ1v) is 6.68. The highest BCUT2D eigenvalue weighted by Gasteiger charge is 2.33. The molecule has 0 radical (unpaired) electrons. The molecule has 1 aromatic heterocycles. The molecule has 0 aliphatic carbocycles. The Morgan fingerprint density at radius 2 is 2.29 bits per heavy atom. The summed E-state index contributed by atoms with van der Waals surface area (Å²) in [5, 5.41) is 10.2. The molecule has 17 heavy (non-hydrogen) atoms. The van der Waals surface area contributed by atoms with Gasteiger partial charge >= 0.3 is 0 Å². The Morgan fingerprint density at radius 3 is 2.76 bits per heavy atom. The molecular formula is C12H18N2O2S. The van der Waals surface area contributed by atoms with Crippen molar-refractivity contribution in [2.75, 3.05) is 13.2 Å². The second kappa shape index (κ2) is 4.74. The van der Waals surface area contributed by atoms with Crippen LogP contribution in [0, 0.1) is 19.8 Å². The summed E-state index contributed by atoms with van der Waals surface area (Å²) in [6.45, 7) is 6.76. The van der Waals surface area contributed by atoms with Gasteiger partial charge < -0.3 is 10.0 Å². The quantitative estimate of drug-likeness (QED) is 0.892. The number of carbonyl (C=O) groups excluding carboxylic acids is 1. The van der Waals surface area contributed by atoms with Gasteiger partial charge in [0, 0.05) is 30.4 Å². The van der Waals surface area contributed by atoms with Gasteiger partial charge in [-0.2, -0.15) is 0 Å². The maximum atomic E-state index is 11.9. The number of likely N-dealkylation sites (tertiary alicyclic amines) is 1. The number of thiazole rings is 1. The van der Waals surface area contributed by atoms with E-state index in [1.807, 2.05) is 25.7 Å². The van der Waals surface area contributed by atoms with Gasteiger partial charge in [-0.25, -0.2) is 4.98 Å². The van der Waals surface area contributed by atoms with Crippen molar-refractivity contribution >= 4 is 17.2 Å². The monoisotopic (exact) mass is 254 g/mol. The molecule has 0 bridgehead atoms. The third-order valence-corrected chi connectivity index (χ3v) is 4.53. The van der Waals surface area contributed by atoms with Crippen LogP contribution in [0.3, 0.4) is 0 Å². The van der Waals surface area contributed by atoms with Crippen LogP contribution in [-0.4, -0.2) is 34.0 Å². The fraction of sp³-hybridized carbons (Fsp3) is 0.667. The standard InChI is InChI=1S/C12H18N2O2S/c1-7-12(17-9(3)13-7)8(2)14-5-10(6-15)4-11(14)16/h8,10,15H,4-6H2,1-3H3. The van der Waals surface area contributed by atoms with Crippen LogP contribution >= 0.6 is 11.3 Å². The lowest BCUT2D eigenvalue weighted by molar-refractivity contribution is -0.129. The highest BCUT2D eigenvalue weighted by atomic mass is 32.1. The van der Waals surface area contributed by atoms with Gasteiger partial charge in [0.25, 0.3) is 0 Å². The molecule has 1 saturated heterocycles. The summed E-state index contributed by atoms with van der Waals surface area (Å²) in [7, 11) is 0. The van der Waals surface area contributed by atoms with Gasteiger partial charge in [-0.05, 0) is 20.8 Å². The van der Waals surface area contributed by atoms with Gasteiger partial charge in [0.1, 0.15) is 0 Å². The second-order valence-corrected chi connectivity index (χ2v) is 5.89. The third kappa shape index (κ3) is 2.35. The number of aliphatic hydroxyl groups excluding tert-OH is 1. The summed E-state index contributed by atoms with van der Waals surface area (Å²) in [6.07, 6.45) is 0.470. The number of hydrogen-bond donors (Lipinski definition) is 1. The molecule has 2 unspecified atom stereocenters. The Morgan fingerprint density at radius 1 is 1.59 bits per heavy atom. The summed E-state index contributed by atoms with van der Waals surface area (Å²) in [5.74, 6) is 0.237. The number of amides is 1. The summed E-state index contributed by atoms with van der Waals surface area (Å²) < 4.78 is 0. The zero-order chi connectivity index (χ0) is 12.6. The summed E-state index contributed by atoms with van der Waals surface area (Å²) in [4.78, 5) is 19.3. The van der Waals surface area contributed by atoms with Crippen molar-refractivity contribution in [2.24, 2.45) is 5.92 Å². The average molecular weight is 254 g/mol. The van der Waals surface area contributed by atoms with Crippen molar-refractivity contribution in [1.29, 1.82) is 0 Å². The van der Waals surface area contributed by atoms with E-state index in [9.17, 15) is 4.79 Å². The van der Waals surface area contributed by atoms with Gasteiger partial charge in [-0.1, -0.05) is 0 Å². The second-order valence-electron chi connectivity index (χ2n) is 4.66. The van der Waals surface area contributed by atoms with Crippen LogP contribution in [0.5, 0.6) is 0 Å². The summed E-state index contributed by atoms with van der Waals surface area (Å²) in [5.41, 5.74) is 1.01. The topological polar surface area (TPSA) is 53.4 Å². The minimum Gasteiger partial charge on any atom is -0.396 e. The smallest absolute Gasteiger partial charge is 0.223 e. The predicted octanol–water partition coefficient (Wildman–Crippen LogP) is 1.66. The van der Waals surface area contributed by atoms with E-state index in [0.29, 0.717) is 13.0 Å². The Labute approximate surface area is 105 Å². The largest absolute Gasteiger partial charge is 0.396 e. The molecule has 2 atom stereocenters. The lowest BCUT2D eigenvalue weighted by Gasteiger charge is -2.24. The number of hydrogen-bond acceptors (Lipinski definition) is 4. The maximum absolute atomic E-state index is 11.9. The van der Waals surface area contributed by atoms with E-state index >= 15 is 0 Å². The third-order valence-electron chi connectivity index (χ3n) is 3.28. The van der Waals surface area contributed by atoms with Crippen LogP contribution in [0.1, 0.15) is 35.0 Å². The number of aromatic nitrogens is 1. The fourth-order valence-electron chi connectivity index (χ4n) is 2.38. The molecule has 1 N–H and O–H groups in total. The Hall–Kier alpha value is -0.940. The zero-order valence-electron chi connectivity index (χ0n) is 10.4. The van der Waals surface area contributed by atoms with E-state index in [2.05, 4.69) is 4.98 Å². The molecule has 2 rings (SSSR count). The van der Waals surface area contributed by atoms with E-state index in [1.165, 1.54) is 0 Å². The zero-order valence-corrected chi connectivity index (χ0v) is 11.3. The van der Waals surface area contributed by atoms with Crippen LogP contribution in [0.15, 0.2) is 0 Å². The van der Waals surface area contributed by atoms with Crippen molar-refractivity contribution in [3.63, 3.8) is 0 Å². The molecule has 1 amide bonds. The minimum absolute atomic E-state index is 0.0743. The van der Waals surface area contributed by atoms with Crippen molar-refractivity contribution < 1.29 is 9.90 Å². The van der Waals surface area contributed by atoms with Crippen molar-refractivity contribution in [2.45, 2.75) is 33.2 Å². The van der Waals surface area contributed by atoms with Crippen LogP contribution in [-0.2, 0) is 4.79 Å². The van der Waals surface area contributed by atoms with Crippen molar-refractivity contribution in [3.05, 3.63) is 15.6 Å². The first kappa shape index (κ1) is 12.5. The number of aliphatic hydroxyl groups is 1. The molecule has 0 spiro atoms. The van der Waals surface area contributed by atoms with E-state index in [1.54, 1.807) is 11.3 Å². The predicted molar refractivity (Wildman–Crippen MR) is 66.9 cm³/mol. The first-order valence-electron chi connectivity index (χ1n) is 5.87. The fourth-order valence-corrected chi connectivity index (χ4v) is 3.37. The van der Waals surface area contributed by atoms with Gasteiger partial charge in [-0.3, -0.25) is 4.79 Å². The lowest BCUT2D eigenvalue weighted by atomic mass is 10.1. The minimum atomic E-state index is 0.0743. The SMILES string of the molecule is Cc1nc(C)c(C(C)N2CC(CO)CC2=O)s1. The van der Waals surface area contributed by atoms with Gasteiger partial charge in [0.2, 0.25) is 5.91 Å². The molecule has 1 fully saturated rings. The van der Waals surface area contributed by atoms with E-state index < -0.39 is 0 Å². The Kier molecular flexibility index (Phi) is 3.49. The van der Waals surface area contributed by atoms with Crippen LogP contribution in [0.4, 0.5) is 0 Å². The average Bonchev–Trinajstić information content (AvgIpc) is 2.81. The molecule has 1 aliphatic heterocycles. The number of nitrogens with zero attached hydrogens (tertiary/aromatic N) is 2. The van der Waals surface area contributed by atoms with Crippen LogP contribution < -0.4 is 0 Å². The molecule has 5 heteroatoms. The highest BCUT2D eigenvalue weighted by Crippen LogP contribution is 2.33. The van der Waals surface area contributed by atoms with Crippen molar-refractivity contribution in [1.82, 2.24) is 9.88 Å². The molecule has 0 aromatic carbocycles. The van der Waals surface area contributed by atoms with Crippen molar-refractivity contribution in [3.8, 4) is 0 Å². The van der Waals surface area contributed by atoms with Gasteiger partial charge in [0.15, 0.2) is 0 Å². The van der Waals surface area contributed by atoms with Gasteiger partial charge in [0.05, 0.1) is 16.7 Å². The van der Waals surface area contributed by atoms with E-state index in [-0.39, 0.29) is 24.5 Å². The maximum Gasteiger partial charge on any atom is 0.223 e. The molecule has 1 aromatic rings. The van der Waals surface area contributed by atoms with Gasteiger partial charge in [-0.15, -0.1) is 11.3 Å². The lowest BCUT2D eigenvalue weighted by Crippen LogP contribution is -2.28. The normalized spacial score (nSPS) is 22.2. The first-order chi connectivity index (χ1) is 8.02. The number of rotatable bonds is 3. The molecule has 0 saturated carbocycles. The van der Waals surface area contributed by atoms with E-state index in [0.717, 1.165) is 15.6 Å². The molecular weight excluding hydrogens is 236 g/mol. The van der Waals surface area contributed by atoms with Crippen LogP contribution in [0.25, 0.3) is 0 Å². The van der Waals surface area contributed by atoms with Crippen LogP contribution in [0.2, 0.25) is 0 Å². The molecule has 4 nitrogen and oxygen atoms in total. The Balaban J connectivity index is 2.18. The highest BCUT2D eigenvalue weighted by molar-refractivity contribution is 7.11. The number of carbonyl (C=O) groups is 1. The summed E-state index contributed by atoms with van der Waals surface area (Å²) >= 11 is 1.65. The number of aryl methyl sites for hydroxylation is 2. The summed E-state index contributed by atoms with van der Waals surface area (Å²) in [6, 6.07) is 0.0743. The molecule has 94 valence electrons. The van der Waals surface area contributed by atoms with E-state index in [4.69, 9.17) is 5.11 Å².